The van der Waals surface area contributed by atoms with Crippen molar-refractivity contribution in [1.82, 2.24) is 0 Å². The average molecular weight is 398 g/mol. The van der Waals surface area contributed by atoms with Gasteiger partial charge in [-0.2, -0.15) is 5.26 Å². The van der Waals surface area contributed by atoms with Crippen molar-refractivity contribution in [3.05, 3.63) is 47.5 Å². The van der Waals surface area contributed by atoms with Crippen LogP contribution in [0.5, 0.6) is 11.5 Å². The molecular weight excluding hydrogens is 380 g/mol. The fraction of sp³-hybridized carbons (Fsp3) is 0.250. The number of thioether (sulfide) groups is 1. The van der Waals surface area contributed by atoms with E-state index in [0.29, 0.717) is 17.2 Å². The quantitative estimate of drug-likeness (QED) is 0.469. The van der Waals surface area contributed by atoms with Crippen molar-refractivity contribution in [2.24, 2.45) is 0 Å². The van der Waals surface area contributed by atoms with Gasteiger partial charge in [-0.3, -0.25) is 4.79 Å². The van der Waals surface area contributed by atoms with Gasteiger partial charge >= 0.3 is 5.97 Å². The molecule has 144 valence electrons. The zero-order valence-corrected chi connectivity index (χ0v) is 16.2. The number of hydrogen-bond donors (Lipinski definition) is 1. The Balaban J connectivity index is 1.55. The van der Waals surface area contributed by atoms with E-state index in [-0.39, 0.29) is 6.61 Å². The second kappa shape index (κ2) is 8.67. The summed E-state index contributed by atoms with van der Waals surface area (Å²) in [5.41, 5.74) is 2.27. The molecule has 1 aliphatic heterocycles. The zero-order chi connectivity index (χ0) is 20.1. The van der Waals surface area contributed by atoms with Gasteiger partial charge in [0.25, 0.3) is 5.91 Å². The largest absolute Gasteiger partial charge is 0.485 e. The van der Waals surface area contributed by atoms with Gasteiger partial charge in [-0.25, -0.2) is 4.79 Å². The summed E-state index contributed by atoms with van der Waals surface area (Å²) in [7, 11) is 0. The molecule has 8 heteroatoms. The number of aryl methyl sites for hydroxylation is 2. The first-order chi connectivity index (χ1) is 13.5. The number of nitrogens with zero attached hydrogens (tertiary/aromatic N) is 1. The molecule has 0 saturated carbocycles. The molecule has 1 N–H and O–H groups in total. The van der Waals surface area contributed by atoms with Gasteiger partial charge in [-0.15, -0.1) is 0 Å². The van der Waals surface area contributed by atoms with Crippen molar-refractivity contribution >= 4 is 29.3 Å². The lowest BCUT2D eigenvalue weighted by Crippen LogP contribution is -2.39. The molecule has 0 unspecified atom stereocenters. The predicted molar refractivity (Wildman–Crippen MR) is 103 cm³/mol. The Morgan fingerprint density at radius 1 is 1.25 bits per heavy atom. The smallest absolute Gasteiger partial charge is 0.351 e. The minimum atomic E-state index is -0.923. The van der Waals surface area contributed by atoms with Gasteiger partial charge in [0.15, 0.2) is 18.1 Å². The molecule has 2 aromatic rings. The Hall–Kier alpha value is -3.18. The normalized spacial score (nSPS) is 14.7. The molecule has 0 aromatic heterocycles. The SMILES string of the molecule is Cc1cc(SC#N)cc(C)c1NC(=O)COC(=O)[C@@H]1COc2ccccc2O1. The first-order valence-electron chi connectivity index (χ1n) is 8.50. The van der Waals surface area contributed by atoms with Crippen LogP contribution in [0.15, 0.2) is 41.3 Å². The van der Waals surface area contributed by atoms with E-state index in [4.69, 9.17) is 19.5 Å². The molecule has 0 bridgehead atoms. The Morgan fingerprint density at radius 2 is 1.93 bits per heavy atom. The van der Waals surface area contributed by atoms with Gasteiger partial charge in [-0.05, 0) is 61.0 Å². The molecule has 1 heterocycles. The van der Waals surface area contributed by atoms with Crippen LogP contribution in [0.3, 0.4) is 0 Å². The van der Waals surface area contributed by atoms with Crippen molar-refractivity contribution in [1.29, 1.82) is 5.26 Å². The highest BCUT2D eigenvalue weighted by Gasteiger charge is 2.29. The maximum Gasteiger partial charge on any atom is 0.351 e. The number of thiocyanates is 1. The first kappa shape index (κ1) is 19.6. The molecule has 0 fully saturated rings. The lowest BCUT2D eigenvalue weighted by atomic mass is 10.1. The van der Waals surface area contributed by atoms with Crippen LogP contribution in [0.25, 0.3) is 0 Å². The Bertz CT molecular complexity index is 931. The molecular formula is C20H18N2O5S. The number of fused-ring (bicyclic) bond motifs is 1. The van der Waals surface area contributed by atoms with E-state index in [1.165, 1.54) is 0 Å². The molecule has 2 aromatic carbocycles. The van der Waals surface area contributed by atoms with Crippen molar-refractivity contribution < 1.29 is 23.8 Å². The number of nitrogens with one attached hydrogen (secondary N) is 1. The second-order valence-electron chi connectivity index (χ2n) is 6.15. The van der Waals surface area contributed by atoms with Crippen LogP contribution < -0.4 is 14.8 Å². The first-order valence-corrected chi connectivity index (χ1v) is 9.31. The summed E-state index contributed by atoms with van der Waals surface area (Å²) in [5.74, 6) is -0.105. The number of rotatable bonds is 5. The topological polar surface area (TPSA) is 97.7 Å². The Labute approximate surface area is 166 Å². The Kier molecular flexibility index (Phi) is 6.06. The van der Waals surface area contributed by atoms with Crippen LogP contribution in [0.1, 0.15) is 11.1 Å². The van der Waals surface area contributed by atoms with E-state index >= 15 is 0 Å². The third-order valence-corrected chi connectivity index (χ3v) is 4.61. The molecule has 1 amide bonds. The maximum atomic E-state index is 12.2. The van der Waals surface area contributed by atoms with E-state index < -0.39 is 24.6 Å². The highest BCUT2D eigenvalue weighted by molar-refractivity contribution is 8.03. The summed E-state index contributed by atoms with van der Waals surface area (Å²) in [4.78, 5) is 25.2. The number of carbonyl (C=O) groups excluding carboxylic acids is 2. The summed E-state index contributed by atoms with van der Waals surface area (Å²) in [6.45, 7) is 3.25. The number of ether oxygens (including phenoxy) is 3. The molecule has 0 aliphatic carbocycles. The summed E-state index contributed by atoms with van der Waals surface area (Å²) in [5, 5.41) is 13.5. The lowest BCUT2D eigenvalue weighted by Gasteiger charge is -2.24. The molecule has 0 saturated heterocycles. The van der Waals surface area contributed by atoms with Crippen molar-refractivity contribution in [2.45, 2.75) is 24.8 Å². The minimum Gasteiger partial charge on any atom is -0.485 e. The fourth-order valence-corrected chi connectivity index (χ4v) is 3.35. The van der Waals surface area contributed by atoms with Crippen molar-refractivity contribution in [2.75, 3.05) is 18.5 Å². The van der Waals surface area contributed by atoms with E-state index in [1.54, 1.807) is 24.3 Å². The number of esters is 1. The third kappa shape index (κ3) is 4.56. The van der Waals surface area contributed by atoms with Gasteiger partial charge in [0.2, 0.25) is 6.10 Å². The van der Waals surface area contributed by atoms with Crippen LogP contribution in [-0.4, -0.2) is 31.2 Å². The summed E-state index contributed by atoms with van der Waals surface area (Å²) in [6.07, 6.45) is -0.923. The average Bonchev–Trinajstić information content (AvgIpc) is 2.69. The van der Waals surface area contributed by atoms with Crippen molar-refractivity contribution in [3.63, 3.8) is 0 Å². The molecule has 7 nitrogen and oxygen atoms in total. The maximum absolute atomic E-state index is 12.2. The number of para-hydroxylation sites is 2. The van der Waals surface area contributed by atoms with Gasteiger partial charge in [0.1, 0.15) is 12.0 Å². The number of benzene rings is 2. The van der Waals surface area contributed by atoms with E-state index in [2.05, 4.69) is 5.32 Å². The van der Waals surface area contributed by atoms with Crippen molar-refractivity contribution in [3.8, 4) is 16.9 Å². The van der Waals surface area contributed by atoms with E-state index in [1.807, 2.05) is 31.4 Å². The minimum absolute atomic E-state index is 0.0215. The highest BCUT2D eigenvalue weighted by Crippen LogP contribution is 2.31. The van der Waals surface area contributed by atoms with Crippen LogP contribution >= 0.6 is 11.8 Å². The van der Waals surface area contributed by atoms with Gasteiger partial charge in [-0.1, -0.05) is 12.1 Å². The summed E-state index contributed by atoms with van der Waals surface area (Å²) >= 11 is 1.05. The van der Waals surface area contributed by atoms with Gasteiger partial charge < -0.3 is 19.5 Å². The zero-order valence-electron chi connectivity index (χ0n) is 15.4. The summed E-state index contributed by atoms with van der Waals surface area (Å²) in [6, 6.07) is 10.6. The van der Waals surface area contributed by atoms with Gasteiger partial charge in [0, 0.05) is 10.6 Å². The Morgan fingerprint density at radius 3 is 2.61 bits per heavy atom. The number of nitriles is 1. The van der Waals surface area contributed by atoms with Gasteiger partial charge in [0.05, 0.1) is 0 Å². The molecule has 28 heavy (non-hydrogen) atoms. The van der Waals surface area contributed by atoms with Crippen LogP contribution in [-0.2, 0) is 14.3 Å². The fourth-order valence-electron chi connectivity index (χ4n) is 2.77. The lowest BCUT2D eigenvalue weighted by molar-refractivity contribution is -0.156. The standard InChI is InChI=1S/C20H18N2O5S/c1-12-7-14(28-11-21)8-13(2)19(12)22-18(23)10-26-20(24)17-9-25-15-5-3-4-6-16(15)27-17/h3-8,17H,9-10H2,1-2H3,(H,22,23)/t17-/m0/s1. The van der Waals surface area contributed by atoms with E-state index in [0.717, 1.165) is 27.8 Å². The van der Waals surface area contributed by atoms with Crippen LogP contribution in [0.2, 0.25) is 0 Å². The third-order valence-electron chi connectivity index (χ3n) is 4.05. The molecule has 0 radical (unpaired) electrons. The summed E-state index contributed by atoms with van der Waals surface area (Å²) < 4.78 is 16.1. The number of amides is 1. The molecule has 1 aliphatic rings. The van der Waals surface area contributed by atoms with Crippen LogP contribution in [0.4, 0.5) is 5.69 Å². The van der Waals surface area contributed by atoms with Crippen LogP contribution in [0, 0.1) is 24.5 Å². The van der Waals surface area contributed by atoms with E-state index in [9.17, 15) is 9.59 Å². The number of hydrogen-bond acceptors (Lipinski definition) is 7. The molecule has 3 rings (SSSR count). The molecule has 0 spiro atoms. The number of anilines is 1. The molecule has 1 atom stereocenters. The monoisotopic (exact) mass is 398 g/mol. The second-order valence-corrected chi connectivity index (χ2v) is 7.00. The predicted octanol–water partition coefficient (Wildman–Crippen LogP) is 3.20. The number of carbonyl (C=O) groups is 2. The highest BCUT2D eigenvalue weighted by atomic mass is 32.2.